The van der Waals surface area contributed by atoms with Crippen LogP contribution in [0.1, 0.15) is 51.4 Å². The fourth-order valence-corrected chi connectivity index (χ4v) is 4.23. The highest BCUT2D eigenvalue weighted by atomic mass is 15.2. The van der Waals surface area contributed by atoms with Gasteiger partial charge in [0.15, 0.2) is 0 Å². The average molecular weight is 236 g/mol. The van der Waals surface area contributed by atoms with Crippen LogP contribution in [-0.4, -0.2) is 37.1 Å². The van der Waals surface area contributed by atoms with E-state index in [4.69, 9.17) is 0 Å². The number of nitrogens with one attached hydrogen (secondary N) is 1. The first kappa shape index (κ1) is 12.0. The van der Waals surface area contributed by atoms with Gasteiger partial charge in [-0.1, -0.05) is 25.7 Å². The Morgan fingerprint density at radius 2 is 1.71 bits per heavy atom. The van der Waals surface area contributed by atoms with Gasteiger partial charge in [-0.2, -0.15) is 0 Å². The van der Waals surface area contributed by atoms with E-state index in [9.17, 15) is 0 Å². The van der Waals surface area contributed by atoms with E-state index >= 15 is 0 Å². The molecule has 2 saturated heterocycles. The molecule has 1 aliphatic carbocycles. The molecule has 0 unspecified atom stereocenters. The van der Waals surface area contributed by atoms with Crippen molar-refractivity contribution < 1.29 is 0 Å². The quantitative estimate of drug-likeness (QED) is 0.793. The smallest absolute Gasteiger partial charge is 0.0195 e. The van der Waals surface area contributed by atoms with E-state index in [2.05, 4.69) is 10.2 Å². The summed E-state index contributed by atoms with van der Waals surface area (Å²) in [6.45, 7) is 5.36. The largest absolute Gasteiger partial charge is 0.313 e. The molecular formula is C15H28N2. The van der Waals surface area contributed by atoms with Gasteiger partial charge in [-0.05, 0) is 50.6 Å². The monoisotopic (exact) mass is 236 g/mol. The van der Waals surface area contributed by atoms with Crippen molar-refractivity contribution in [2.75, 3.05) is 26.2 Å². The fourth-order valence-electron chi connectivity index (χ4n) is 4.23. The summed E-state index contributed by atoms with van der Waals surface area (Å²) in [7, 11) is 0. The molecule has 2 nitrogen and oxygen atoms in total. The van der Waals surface area contributed by atoms with Crippen LogP contribution < -0.4 is 5.32 Å². The van der Waals surface area contributed by atoms with Crippen LogP contribution >= 0.6 is 0 Å². The third kappa shape index (κ3) is 3.03. The Balaban J connectivity index is 1.48. The van der Waals surface area contributed by atoms with E-state index in [1.165, 1.54) is 77.5 Å². The molecule has 0 aromatic rings. The summed E-state index contributed by atoms with van der Waals surface area (Å²) >= 11 is 0. The normalized spacial score (nSPS) is 39.9. The second kappa shape index (κ2) is 5.71. The standard InChI is InChI=1S/C15H28N2/c1-2-6-14-11-17(10-8-13(14)5-1)12-15-7-3-4-9-16-15/h13-16H,1-12H2/t13-,14+,15-/m1/s1. The van der Waals surface area contributed by atoms with Gasteiger partial charge in [0.05, 0.1) is 0 Å². The zero-order valence-corrected chi connectivity index (χ0v) is 11.2. The molecule has 3 atom stereocenters. The average Bonchev–Trinajstić information content (AvgIpc) is 2.40. The van der Waals surface area contributed by atoms with E-state index < -0.39 is 0 Å². The first-order valence-electron chi connectivity index (χ1n) is 7.87. The van der Waals surface area contributed by atoms with Crippen LogP contribution in [-0.2, 0) is 0 Å². The van der Waals surface area contributed by atoms with Gasteiger partial charge in [0, 0.05) is 19.1 Å². The molecule has 1 saturated carbocycles. The molecule has 98 valence electrons. The highest BCUT2D eigenvalue weighted by Crippen LogP contribution is 2.36. The molecule has 0 spiro atoms. The van der Waals surface area contributed by atoms with Crippen molar-refractivity contribution in [3.8, 4) is 0 Å². The van der Waals surface area contributed by atoms with Gasteiger partial charge in [-0.25, -0.2) is 0 Å². The molecule has 0 radical (unpaired) electrons. The van der Waals surface area contributed by atoms with Crippen LogP contribution in [0.4, 0.5) is 0 Å². The predicted octanol–water partition coefficient (Wildman–Crippen LogP) is 2.64. The Hall–Kier alpha value is -0.0800. The van der Waals surface area contributed by atoms with Crippen LogP contribution in [0, 0.1) is 11.8 Å². The Morgan fingerprint density at radius 3 is 2.53 bits per heavy atom. The number of fused-ring (bicyclic) bond motifs is 1. The number of hydrogen-bond donors (Lipinski definition) is 1. The van der Waals surface area contributed by atoms with E-state index in [1.54, 1.807) is 0 Å². The summed E-state index contributed by atoms with van der Waals surface area (Å²) in [6.07, 6.45) is 11.8. The summed E-state index contributed by atoms with van der Waals surface area (Å²) in [5.41, 5.74) is 0. The molecule has 3 rings (SSSR count). The molecular weight excluding hydrogens is 208 g/mol. The molecule has 1 N–H and O–H groups in total. The van der Waals surface area contributed by atoms with Crippen LogP contribution in [0.25, 0.3) is 0 Å². The lowest BCUT2D eigenvalue weighted by Crippen LogP contribution is -2.49. The lowest BCUT2D eigenvalue weighted by molar-refractivity contribution is 0.0772. The van der Waals surface area contributed by atoms with Gasteiger partial charge in [0.1, 0.15) is 0 Å². The summed E-state index contributed by atoms with van der Waals surface area (Å²) in [5, 5.41) is 3.70. The topological polar surface area (TPSA) is 15.3 Å². The highest BCUT2D eigenvalue weighted by Gasteiger charge is 2.31. The lowest BCUT2D eigenvalue weighted by atomic mass is 9.75. The van der Waals surface area contributed by atoms with Crippen LogP contribution in [0.2, 0.25) is 0 Å². The second-order valence-corrected chi connectivity index (χ2v) is 6.50. The Bertz CT molecular complexity index is 233. The molecule has 3 fully saturated rings. The molecule has 2 heteroatoms. The maximum atomic E-state index is 3.70. The predicted molar refractivity (Wildman–Crippen MR) is 72.1 cm³/mol. The minimum Gasteiger partial charge on any atom is -0.313 e. The van der Waals surface area contributed by atoms with Crippen molar-refractivity contribution >= 4 is 0 Å². The van der Waals surface area contributed by atoms with E-state index in [0.29, 0.717) is 0 Å². The maximum absolute atomic E-state index is 3.70. The number of rotatable bonds is 2. The van der Waals surface area contributed by atoms with Crippen molar-refractivity contribution in [1.29, 1.82) is 0 Å². The van der Waals surface area contributed by atoms with Crippen molar-refractivity contribution in [3.63, 3.8) is 0 Å². The molecule has 17 heavy (non-hydrogen) atoms. The molecule has 0 bridgehead atoms. The van der Waals surface area contributed by atoms with Gasteiger partial charge < -0.3 is 10.2 Å². The molecule has 2 aliphatic heterocycles. The molecule has 0 amide bonds. The second-order valence-electron chi connectivity index (χ2n) is 6.50. The number of likely N-dealkylation sites (tertiary alicyclic amines) is 1. The number of hydrogen-bond acceptors (Lipinski definition) is 2. The Morgan fingerprint density at radius 1 is 0.882 bits per heavy atom. The number of nitrogens with zero attached hydrogens (tertiary/aromatic N) is 1. The first-order valence-corrected chi connectivity index (χ1v) is 7.87. The van der Waals surface area contributed by atoms with Gasteiger partial charge in [-0.15, -0.1) is 0 Å². The minimum absolute atomic E-state index is 0.795. The van der Waals surface area contributed by atoms with Gasteiger partial charge >= 0.3 is 0 Å². The van der Waals surface area contributed by atoms with Crippen molar-refractivity contribution in [2.45, 2.75) is 57.4 Å². The Kier molecular flexibility index (Phi) is 4.02. The fraction of sp³-hybridized carbons (Fsp3) is 1.00. The van der Waals surface area contributed by atoms with Gasteiger partial charge in [0.25, 0.3) is 0 Å². The third-order valence-electron chi connectivity index (χ3n) is 5.27. The summed E-state index contributed by atoms with van der Waals surface area (Å²) in [4.78, 5) is 2.76. The first-order chi connectivity index (χ1) is 8.42. The number of piperidine rings is 2. The summed E-state index contributed by atoms with van der Waals surface area (Å²) < 4.78 is 0. The van der Waals surface area contributed by atoms with E-state index in [-0.39, 0.29) is 0 Å². The van der Waals surface area contributed by atoms with Gasteiger partial charge in [0.2, 0.25) is 0 Å². The lowest BCUT2D eigenvalue weighted by Gasteiger charge is -2.42. The molecule has 3 aliphatic rings. The third-order valence-corrected chi connectivity index (χ3v) is 5.27. The van der Waals surface area contributed by atoms with Crippen molar-refractivity contribution in [1.82, 2.24) is 10.2 Å². The maximum Gasteiger partial charge on any atom is 0.0195 e. The van der Waals surface area contributed by atoms with Gasteiger partial charge in [-0.3, -0.25) is 0 Å². The SMILES string of the molecule is C1CC[C@H](CN2CC[C@H]3CCCC[C@H]3C2)NC1. The summed E-state index contributed by atoms with van der Waals surface area (Å²) in [6, 6.07) is 0.795. The molecule has 0 aromatic heterocycles. The zero-order chi connectivity index (χ0) is 11.5. The van der Waals surface area contributed by atoms with Crippen LogP contribution in [0.3, 0.4) is 0 Å². The van der Waals surface area contributed by atoms with E-state index in [0.717, 1.165) is 17.9 Å². The minimum atomic E-state index is 0.795. The molecule has 0 aromatic carbocycles. The highest BCUT2D eigenvalue weighted by molar-refractivity contribution is 4.86. The van der Waals surface area contributed by atoms with E-state index in [1.807, 2.05) is 0 Å². The van der Waals surface area contributed by atoms with Crippen molar-refractivity contribution in [2.24, 2.45) is 11.8 Å². The molecule has 2 heterocycles. The van der Waals surface area contributed by atoms with Crippen LogP contribution in [0.15, 0.2) is 0 Å². The summed E-state index contributed by atoms with van der Waals surface area (Å²) in [5.74, 6) is 2.13. The van der Waals surface area contributed by atoms with Crippen LogP contribution in [0.5, 0.6) is 0 Å². The zero-order valence-electron chi connectivity index (χ0n) is 11.2. The van der Waals surface area contributed by atoms with Crippen molar-refractivity contribution in [3.05, 3.63) is 0 Å². The Labute approximate surface area is 106 Å².